The summed E-state index contributed by atoms with van der Waals surface area (Å²) in [7, 11) is 1.57. The molecule has 0 bridgehead atoms. The number of methoxy groups -OCH3 is 1. The molecule has 0 aliphatic heterocycles. The van der Waals surface area contributed by atoms with Crippen LogP contribution in [0.15, 0.2) is 59.7 Å². The van der Waals surface area contributed by atoms with Gasteiger partial charge < -0.3 is 4.74 Å². The van der Waals surface area contributed by atoms with Crippen LogP contribution in [-0.4, -0.2) is 34.4 Å². The van der Waals surface area contributed by atoms with E-state index in [9.17, 15) is 14.9 Å². The van der Waals surface area contributed by atoms with Gasteiger partial charge in [-0.3, -0.25) is 20.0 Å². The summed E-state index contributed by atoms with van der Waals surface area (Å²) < 4.78 is 5.17. The molecule has 136 valence electrons. The molecule has 1 amide bonds. The Labute approximate surface area is 153 Å². The van der Waals surface area contributed by atoms with Gasteiger partial charge in [-0.2, -0.15) is 10.2 Å². The van der Waals surface area contributed by atoms with Gasteiger partial charge in [0.1, 0.15) is 11.4 Å². The second-order valence-corrected chi connectivity index (χ2v) is 5.45. The van der Waals surface area contributed by atoms with Crippen LogP contribution in [-0.2, 0) is 0 Å². The number of carbonyl (C=O) groups excluding carboxylic acids is 1. The third-order valence-corrected chi connectivity index (χ3v) is 3.67. The number of amides is 1. The minimum atomic E-state index is -0.485. The number of hydrazone groups is 1. The third kappa shape index (κ3) is 4.34. The number of non-ortho nitro benzene ring substituents is 1. The van der Waals surface area contributed by atoms with Crippen LogP contribution < -0.4 is 10.2 Å². The lowest BCUT2D eigenvalue weighted by molar-refractivity contribution is -0.384. The van der Waals surface area contributed by atoms with Gasteiger partial charge in [-0.15, -0.1) is 0 Å². The number of ether oxygens (including phenoxy) is 1. The highest BCUT2D eigenvalue weighted by Gasteiger charge is 2.11. The van der Waals surface area contributed by atoms with Gasteiger partial charge in [0.2, 0.25) is 0 Å². The number of hydrogen-bond donors (Lipinski definition) is 2. The van der Waals surface area contributed by atoms with Crippen molar-refractivity contribution < 1.29 is 14.5 Å². The second-order valence-electron chi connectivity index (χ2n) is 5.45. The predicted octanol–water partition coefficient (Wildman–Crippen LogP) is 2.76. The number of nitrogens with one attached hydrogen (secondary N) is 2. The Morgan fingerprint density at radius 1 is 1.26 bits per heavy atom. The molecule has 3 rings (SSSR count). The fourth-order valence-corrected chi connectivity index (χ4v) is 2.28. The largest absolute Gasteiger partial charge is 0.497 e. The molecule has 0 radical (unpaired) electrons. The predicted molar refractivity (Wildman–Crippen MR) is 98.7 cm³/mol. The van der Waals surface area contributed by atoms with Crippen molar-refractivity contribution in [2.24, 2.45) is 5.10 Å². The molecular weight excluding hydrogens is 350 g/mol. The Morgan fingerprint density at radius 2 is 2.04 bits per heavy atom. The van der Waals surface area contributed by atoms with Crippen LogP contribution >= 0.6 is 0 Å². The fourth-order valence-electron chi connectivity index (χ4n) is 2.28. The van der Waals surface area contributed by atoms with E-state index in [0.717, 1.165) is 5.56 Å². The topological polar surface area (TPSA) is 123 Å². The Balaban J connectivity index is 1.64. The van der Waals surface area contributed by atoms with Gasteiger partial charge in [-0.25, -0.2) is 5.43 Å². The van der Waals surface area contributed by atoms with Gasteiger partial charge in [-0.05, 0) is 35.9 Å². The summed E-state index contributed by atoms with van der Waals surface area (Å²) in [5.74, 6) is 0.226. The molecule has 1 aromatic heterocycles. The molecule has 0 saturated carbocycles. The summed E-state index contributed by atoms with van der Waals surface area (Å²) >= 11 is 0. The Morgan fingerprint density at radius 3 is 2.74 bits per heavy atom. The first kappa shape index (κ1) is 17.8. The van der Waals surface area contributed by atoms with Crippen molar-refractivity contribution in [3.05, 3.63) is 76.0 Å². The fraction of sp³-hybridized carbons (Fsp3) is 0.0556. The number of nitro groups is 1. The molecule has 3 aromatic rings. The maximum absolute atomic E-state index is 12.1. The SMILES string of the molecule is COc1cccc(-c2cc(C(=O)N/N=C/c3ccc([N+](=O)[O-])cc3)[nH]n2)c1. The Bertz CT molecular complexity index is 995. The average Bonchev–Trinajstić information content (AvgIpc) is 3.19. The second kappa shape index (κ2) is 7.91. The van der Waals surface area contributed by atoms with E-state index in [4.69, 9.17) is 4.74 Å². The molecule has 1 heterocycles. The van der Waals surface area contributed by atoms with E-state index >= 15 is 0 Å². The molecular formula is C18H15N5O4. The quantitative estimate of drug-likeness (QED) is 0.395. The highest BCUT2D eigenvalue weighted by Crippen LogP contribution is 2.22. The normalized spacial score (nSPS) is 10.7. The molecule has 9 heteroatoms. The van der Waals surface area contributed by atoms with Crippen molar-refractivity contribution >= 4 is 17.8 Å². The molecule has 27 heavy (non-hydrogen) atoms. The number of carbonyl (C=O) groups is 1. The summed E-state index contributed by atoms with van der Waals surface area (Å²) in [6, 6.07) is 14.7. The third-order valence-electron chi connectivity index (χ3n) is 3.67. The minimum Gasteiger partial charge on any atom is -0.497 e. The van der Waals surface area contributed by atoms with E-state index in [1.165, 1.54) is 30.5 Å². The van der Waals surface area contributed by atoms with Crippen molar-refractivity contribution in [3.8, 4) is 17.0 Å². The van der Waals surface area contributed by atoms with Crippen molar-refractivity contribution in [1.29, 1.82) is 0 Å². The van der Waals surface area contributed by atoms with Crippen LogP contribution in [0, 0.1) is 10.1 Å². The zero-order chi connectivity index (χ0) is 19.2. The summed E-state index contributed by atoms with van der Waals surface area (Å²) in [5.41, 5.74) is 4.62. The maximum Gasteiger partial charge on any atom is 0.289 e. The van der Waals surface area contributed by atoms with Crippen LogP contribution in [0.5, 0.6) is 5.75 Å². The van der Waals surface area contributed by atoms with Gasteiger partial charge in [0.05, 0.1) is 23.9 Å². The Hall–Kier alpha value is -4.01. The summed E-state index contributed by atoms with van der Waals surface area (Å²) in [5, 5.41) is 21.2. The maximum atomic E-state index is 12.1. The summed E-state index contributed by atoms with van der Waals surface area (Å²) in [4.78, 5) is 22.3. The molecule has 0 atom stereocenters. The van der Waals surface area contributed by atoms with Crippen LogP contribution in [0.25, 0.3) is 11.3 Å². The smallest absolute Gasteiger partial charge is 0.289 e. The van der Waals surface area contributed by atoms with E-state index in [1.54, 1.807) is 13.2 Å². The zero-order valence-electron chi connectivity index (χ0n) is 14.2. The number of hydrogen-bond acceptors (Lipinski definition) is 6. The van der Waals surface area contributed by atoms with Crippen molar-refractivity contribution in [2.45, 2.75) is 0 Å². The number of aromatic nitrogens is 2. The first-order valence-corrected chi connectivity index (χ1v) is 7.84. The van der Waals surface area contributed by atoms with Gasteiger partial charge in [0.15, 0.2) is 0 Å². The molecule has 0 aliphatic carbocycles. The first-order valence-electron chi connectivity index (χ1n) is 7.84. The van der Waals surface area contributed by atoms with Crippen molar-refractivity contribution in [1.82, 2.24) is 15.6 Å². The molecule has 9 nitrogen and oxygen atoms in total. The van der Waals surface area contributed by atoms with E-state index in [0.29, 0.717) is 17.0 Å². The van der Waals surface area contributed by atoms with Crippen LogP contribution in [0.4, 0.5) is 5.69 Å². The Kier molecular flexibility index (Phi) is 5.22. The highest BCUT2D eigenvalue weighted by atomic mass is 16.6. The number of rotatable bonds is 6. The van der Waals surface area contributed by atoms with Crippen LogP contribution in [0.1, 0.15) is 16.1 Å². The average molecular weight is 365 g/mol. The number of aromatic amines is 1. The number of benzene rings is 2. The van der Waals surface area contributed by atoms with Gasteiger partial charge in [0.25, 0.3) is 11.6 Å². The van der Waals surface area contributed by atoms with Gasteiger partial charge in [0, 0.05) is 17.7 Å². The van der Waals surface area contributed by atoms with E-state index in [2.05, 4.69) is 20.7 Å². The first-order chi connectivity index (χ1) is 13.1. The highest BCUT2D eigenvalue weighted by molar-refractivity contribution is 5.94. The zero-order valence-corrected chi connectivity index (χ0v) is 14.2. The molecule has 2 N–H and O–H groups in total. The van der Waals surface area contributed by atoms with Crippen LogP contribution in [0.3, 0.4) is 0 Å². The van der Waals surface area contributed by atoms with E-state index in [-0.39, 0.29) is 11.4 Å². The van der Waals surface area contributed by atoms with Gasteiger partial charge >= 0.3 is 0 Å². The molecule has 2 aromatic carbocycles. The molecule has 0 saturated heterocycles. The van der Waals surface area contributed by atoms with Crippen LogP contribution in [0.2, 0.25) is 0 Å². The lowest BCUT2D eigenvalue weighted by Gasteiger charge is -2.00. The lowest BCUT2D eigenvalue weighted by Crippen LogP contribution is -2.17. The van der Waals surface area contributed by atoms with E-state index in [1.807, 2.05) is 24.3 Å². The lowest BCUT2D eigenvalue weighted by atomic mass is 10.1. The van der Waals surface area contributed by atoms with E-state index < -0.39 is 10.8 Å². The minimum absolute atomic E-state index is 0.0151. The molecule has 0 fully saturated rings. The van der Waals surface area contributed by atoms with Crippen molar-refractivity contribution in [2.75, 3.05) is 7.11 Å². The monoisotopic (exact) mass is 365 g/mol. The summed E-state index contributed by atoms with van der Waals surface area (Å²) in [6.07, 6.45) is 1.39. The van der Waals surface area contributed by atoms with Gasteiger partial charge in [-0.1, -0.05) is 12.1 Å². The molecule has 0 spiro atoms. The van der Waals surface area contributed by atoms with Crippen molar-refractivity contribution in [3.63, 3.8) is 0 Å². The molecule has 0 aliphatic rings. The summed E-state index contributed by atoms with van der Waals surface area (Å²) in [6.45, 7) is 0. The number of nitro benzene ring substituents is 1. The number of H-pyrrole nitrogens is 1. The number of nitrogens with zero attached hydrogens (tertiary/aromatic N) is 3. The standard InChI is InChI=1S/C18H15N5O4/c1-27-15-4-2-3-13(9-15)16-10-17(21-20-16)18(24)22-19-11-12-5-7-14(8-6-12)23(25)26/h2-11H,1H3,(H,20,21)(H,22,24)/b19-11+. The molecule has 0 unspecified atom stereocenters.